The lowest BCUT2D eigenvalue weighted by atomic mass is 10.0. The van der Waals surface area contributed by atoms with E-state index in [2.05, 4.69) is 15.6 Å². The van der Waals surface area contributed by atoms with Crippen LogP contribution in [-0.2, 0) is 9.47 Å². The molecule has 7 nitrogen and oxygen atoms in total. The maximum absolute atomic E-state index is 10.0. The van der Waals surface area contributed by atoms with E-state index >= 15 is 0 Å². The van der Waals surface area contributed by atoms with Gasteiger partial charge >= 0.3 is 0 Å². The lowest BCUT2D eigenvalue weighted by molar-refractivity contribution is 0.0203. The maximum Gasteiger partial charge on any atom is 0.191 e. The molecule has 1 fully saturated rings. The second-order valence-corrected chi connectivity index (χ2v) is 6.16. The van der Waals surface area contributed by atoms with Crippen LogP contribution in [0.3, 0.4) is 0 Å². The first-order chi connectivity index (χ1) is 12.3. The van der Waals surface area contributed by atoms with Crippen molar-refractivity contribution in [2.75, 3.05) is 46.1 Å². The van der Waals surface area contributed by atoms with Gasteiger partial charge in [0.25, 0.3) is 0 Å². The molecule has 26 heavy (non-hydrogen) atoms. The van der Waals surface area contributed by atoms with Crippen molar-refractivity contribution in [3.8, 4) is 0 Å². The highest BCUT2D eigenvalue weighted by molar-refractivity contribution is 14.0. The van der Waals surface area contributed by atoms with Gasteiger partial charge in [0.1, 0.15) is 11.9 Å². The van der Waals surface area contributed by atoms with Crippen molar-refractivity contribution in [3.63, 3.8) is 0 Å². The number of hydrogen-bond donors (Lipinski definition) is 3. The van der Waals surface area contributed by atoms with E-state index in [4.69, 9.17) is 13.9 Å². The van der Waals surface area contributed by atoms with E-state index in [-0.39, 0.29) is 30.5 Å². The molecule has 0 bridgehead atoms. The minimum atomic E-state index is -0.728. The van der Waals surface area contributed by atoms with E-state index in [0.717, 1.165) is 58.8 Å². The number of rotatable bonds is 10. The number of aliphatic hydroxyl groups excluding tert-OH is 1. The van der Waals surface area contributed by atoms with Crippen molar-refractivity contribution >= 4 is 29.9 Å². The third-order valence-electron chi connectivity index (χ3n) is 4.09. The largest absolute Gasteiger partial charge is 0.467 e. The van der Waals surface area contributed by atoms with Crippen LogP contribution in [0.25, 0.3) is 0 Å². The normalized spacial score (nSPS) is 16.8. The molecule has 0 saturated carbocycles. The number of nitrogens with zero attached hydrogens (tertiary/aromatic N) is 1. The van der Waals surface area contributed by atoms with E-state index in [1.165, 1.54) is 0 Å². The van der Waals surface area contributed by atoms with E-state index in [0.29, 0.717) is 17.6 Å². The number of furan rings is 1. The maximum atomic E-state index is 10.0. The van der Waals surface area contributed by atoms with Crippen LogP contribution in [0.5, 0.6) is 0 Å². The second kappa shape index (κ2) is 14.2. The highest BCUT2D eigenvalue weighted by Gasteiger charge is 2.13. The average molecular weight is 481 g/mol. The Hall–Kier alpha value is -0.840. The zero-order chi connectivity index (χ0) is 17.7. The van der Waals surface area contributed by atoms with Crippen LogP contribution >= 0.6 is 24.0 Å². The number of aliphatic imine (C=N–C) groups is 1. The van der Waals surface area contributed by atoms with E-state index in [9.17, 15) is 5.11 Å². The Kier molecular flexibility index (Phi) is 12.7. The monoisotopic (exact) mass is 481 g/mol. The molecular weight excluding hydrogens is 449 g/mol. The highest BCUT2D eigenvalue weighted by atomic mass is 127. The summed E-state index contributed by atoms with van der Waals surface area (Å²) in [4.78, 5) is 4.39. The average Bonchev–Trinajstić information content (AvgIpc) is 3.18. The molecule has 0 radical (unpaired) electrons. The Morgan fingerprint density at radius 1 is 1.38 bits per heavy atom. The van der Waals surface area contributed by atoms with Gasteiger partial charge in [0, 0.05) is 39.5 Å². The third-order valence-corrected chi connectivity index (χ3v) is 4.09. The summed E-state index contributed by atoms with van der Waals surface area (Å²) >= 11 is 0. The van der Waals surface area contributed by atoms with Crippen LogP contribution in [0.4, 0.5) is 0 Å². The third kappa shape index (κ3) is 9.20. The first kappa shape index (κ1) is 23.2. The number of ether oxygens (including phenoxy) is 2. The SMILES string of the molecule is CCNC(=NCC(O)c1ccco1)NCCCOCC1CCOCC1.I. The van der Waals surface area contributed by atoms with Crippen molar-refractivity contribution in [1.29, 1.82) is 0 Å². The molecule has 0 aromatic carbocycles. The summed E-state index contributed by atoms with van der Waals surface area (Å²) in [5.74, 6) is 1.86. The van der Waals surface area contributed by atoms with Gasteiger partial charge in [0.05, 0.1) is 12.8 Å². The molecule has 1 aromatic rings. The molecule has 1 unspecified atom stereocenters. The molecule has 8 heteroatoms. The smallest absolute Gasteiger partial charge is 0.191 e. The molecule has 3 N–H and O–H groups in total. The molecule has 0 spiro atoms. The van der Waals surface area contributed by atoms with Gasteiger partial charge in [0.15, 0.2) is 5.96 Å². The molecule has 1 aliphatic heterocycles. The number of nitrogens with one attached hydrogen (secondary N) is 2. The summed E-state index contributed by atoms with van der Waals surface area (Å²) in [6.07, 6.45) is 3.94. The standard InChI is InChI=1S/C18H31N3O4.HI/c1-2-19-18(21-13-16(22)17-5-3-10-25-17)20-8-4-9-24-14-15-6-11-23-12-7-15;/h3,5,10,15-16,22H,2,4,6-9,11-14H2,1H3,(H2,19,20,21);1H. The van der Waals surface area contributed by atoms with Gasteiger partial charge in [-0.15, -0.1) is 24.0 Å². The Labute approximate surface area is 172 Å². The molecule has 2 heterocycles. The van der Waals surface area contributed by atoms with E-state index in [1.807, 2.05) is 6.92 Å². The fraction of sp³-hybridized carbons (Fsp3) is 0.722. The lowest BCUT2D eigenvalue weighted by Crippen LogP contribution is -2.38. The number of hydrogen-bond acceptors (Lipinski definition) is 5. The van der Waals surface area contributed by atoms with Gasteiger partial charge in [-0.2, -0.15) is 0 Å². The molecule has 1 saturated heterocycles. The van der Waals surface area contributed by atoms with Crippen LogP contribution < -0.4 is 10.6 Å². The van der Waals surface area contributed by atoms with Gasteiger partial charge in [-0.05, 0) is 44.2 Å². The van der Waals surface area contributed by atoms with E-state index < -0.39 is 6.10 Å². The Morgan fingerprint density at radius 2 is 2.19 bits per heavy atom. The molecule has 1 aliphatic rings. The summed E-state index contributed by atoms with van der Waals surface area (Å²) in [5.41, 5.74) is 0. The summed E-state index contributed by atoms with van der Waals surface area (Å²) < 4.78 is 16.3. The zero-order valence-corrected chi connectivity index (χ0v) is 17.8. The number of halogens is 1. The summed E-state index contributed by atoms with van der Waals surface area (Å²) in [6.45, 7) is 7.09. The molecule has 150 valence electrons. The van der Waals surface area contributed by atoms with Crippen molar-refractivity contribution < 1.29 is 19.0 Å². The van der Waals surface area contributed by atoms with Crippen molar-refractivity contribution in [2.45, 2.75) is 32.3 Å². The summed E-state index contributed by atoms with van der Waals surface area (Å²) in [7, 11) is 0. The minimum Gasteiger partial charge on any atom is -0.467 e. The van der Waals surface area contributed by atoms with Crippen LogP contribution in [-0.4, -0.2) is 57.1 Å². The molecule has 0 aliphatic carbocycles. The van der Waals surface area contributed by atoms with Crippen LogP contribution in [0, 0.1) is 5.92 Å². The van der Waals surface area contributed by atoms with E-state index in [1.54, 1.807) is 18.4 Å². The number of guanidine groups is 1. The first-order valence-electron chi connectivity index (χ1n) is 9.18. The van der Waals surface area contributed by atoms with Gasteiger partial charge in [-0.1, -0.05) is 0 Å². The second-order valence-electron chi connectivity index (χ2n) is 6.16. The Balaban J connectivity index is 0.00000338. The zero-order valence-electron chi connectivity index (χ0n) is 15.5. The molecule has 2 rings (SSSR count). The van der Waals surface area contributed by atoms with Crippen LogP contribution in [0.15, 0.2) is 27.8 Å². The topological polar surface area (TPSA) is 88.3 Å². The summed E-state index contributed by atoms with van der Waals surface area (Å²) in [5, 5.41) is 16.4. The molecule has 1 aromatic heterocycles. The molecule has 1 atom stereocenters. The van der Waals surface area contributed by atoms with Gasteiger partial charge in [-0.3, -0.25) is 4.99 Å². The predicted molar refractivity (Wildman–Crippen MR) is 112 cm³/mol. The van der Waals surface area contributed by atoms with Gasteiger partial charge < -0.3 is 29.6 Å². The fourth-order valence-corrected chi connectivity index (χ4v) is 2.63. The quantitative estimate of drug-likeness (QED) is 0.206. The minimum absolute atomic E-state index is 0. The van der Waals surface area contributed by atoms with Crippen LogP contribution in [0.1, 0.15) is 38.1 Å². The van der Waals surface area contributed by atoms with Gasteiger partial charge in [0.2, 0.25) is 0 Å². The van der Waals surface area contributed by atoms with Gasteiger partial charge in [-0.25, -0.2) is 0 Å². The highest BCUT2D eigenvalue weighted by Crippen LogP contribution is 2.14. The molecular formula is C18H32IN3O4. The van der Waals surface area contributed by atoms with Crippen molar-refractivity contribution in [1.82, 2.24) is 10.6 Å². The molecule has 0 amide bonds. The Morgan fingerprint density at radius 3 is 2.88 bits per heavy atom. The lowest BCUT2D eigenvalue weighted by Gasteiger charge is -2.21. The predicted octanol–water partition coefficient (Wildman–Crippen LogP) is 2.32. The van der Waals surface area contributed by atoms with Crippen molar-refractivity contribution in [3.05, 3.63) is 24.2 Å². The first-order valence-corrected chi connectivity index (χ1v) is 9.18. The van der Waals surface area contributed by atoms with Crippen LogP contribution in [0.2, 0.25) is 0 Å². The Bertz CT molecular complexity index is 479. The fourth-order valence-electron chi connectivity index (χ4n) is 2.63. The number of aliphatic hydroxyl groups is 1. The van der Waals surface area contributed by atoms with Crippen molar-refractivity contribution in [2.24, 2.45) is 10.9 Å². The summed E-state index contributed by atoms with van der Waals surface area (Å²) in [6, 6.07) is 3.50.